The van der Waals surface area contributed by atoms with Crippen LogP contribution in [0.15, 0.2) is 47.6 Å². The van der Waals surface area contributed by atoms with Crippen molar-refractivity contribution in [2.75, 3.05) is 21.3 Å². The number of rotatable bonds is 6. The molecule has 0 fully saturated rings. The summed E-state index contributed by atoms with van der Waals surface area (Å²) in [6.45, 7) is 0. The third kappa shape index (κ3) is 3.57. The summed E-state index contributed by atoms with van der Waals surface area (Å²) in [4.78, 5) is 12.5. The van der Waals surface area contributed by atoms with Crippen LogP contribution >= 0.6 is 0 Å². The van der Waals surface area contributed by atoms with E-state index < -0.39 is 0 Å². The molecular formula is C20H21N3O4. The summed E-state index contributed by atoms with van der Waals surface area (Å²) in [5.74, 6) is 1.34. The number of carbonyl (C=O) groups excluding carboxylic acids is 1. The number of carbonyl (C=O) groups is 1. The summed E-state index contributed by atoms with van der Waals surface area (Å²) >= 11 is 0. The lowest BCUT2D eigenvalue weighted by atomic mass is 10.2. The van der Waals surface area contributed by atoms with Crippen molar-refractivity contribution < 1.29 is 19.0 Å². The molecular weight excluding hydrogens is 346 g/mol. The Morgan fingerprint density at radius 2 is 1.67 bits per heavy atom. The predicted molar refractivity (Wildman–Crippen MR) is 104 cm³/mol. The summed E-state index contributed by atoms with van der Waals surface area (Å²) in [5.41, 5.74) is 4.70. The first-order valence-electron chi connectivity index (χ1n) is 8.27. The van der Waals surface area contributed by atoms with Crippen LogP contribution in [-0.2, 0) is 7.05 Å². The van der Waals surface area contributed by atoms with Crippen LogP contribution in [-0.4, -0.2) is 38.0 Å². The molecule has 0 aliphatic heterocycles. The van der Waals surface area contributed by atoms with Crippen LogP contribution < -0.4 is 19.6 Å². The number of nitrogens with one attached hydrogen (secondary N) is 1. The average Bonchev–Trinajstić information content (AvgIpc) is 3.04. The Hall–Kier alpha value is -3.48. The minimum atomic E-state index is -0.301. The molecule has 1 N–H and O–H groups in total. The van der Waals surface area contributed by atoms with Crippen LogP contribution in [0.2, 0.25) is 0 Å². The molecule has 27 heavy (non-hydrogen) atoms. The molecule has 0 radical (unpaired) electrons. The van der Waals surface area contributed by atoms with E-state index in [2.05, 4.69) is 10.5 Å². The number of hydrogen-bond donors (Lipinski definition) is 1. The van der Waals surface area contributed by atoms with E-state index in [0.717, 1.165) is 10.9 Å². The van der Waals surface area contributed by atoms with Crippen molar-refractivity contribution in [2.24, 2.45) is 12.1 Å². The van der Waals surface area contributed by atoms with Crippen LogP contribution in [0.3, 0.4) is 0 Å². The Bertz CT molecular complexity index is 1010. The molecule has 0 saturated heterocycles. The first kappa shape index (κ1) is 18.3. The van der Waals surface area contributed by atoms with Crippen LogP contribution in [0.5, 0.6) is 17.2 Å². The molecule has 0 atom stereocenters. The van der Waals surface area contributed by atoms with E-state index in [1.807, 2.05) is 41.9 Å². The topological polar surface area (TPSA) is 74.1 Å². The number of ether oxygens (including phenoxy) is 3. The molecule has 0 unspecified atom stereocenters. The zero-order chi connectivity index (χ0) is 19.4. The molecule has 0 aliphatic rings. The maximum absolute atomic E-state index is 12.5. The van der Waals surface area contributed by atoms with Crippen LogP contribution in [0, 0.1) is 0 Å². The van der Waals surface area contributed by atoms with Gasteiger partial charge in [0.25, 0.3) is 5.91 Å². The number of hydrogen-bond acceptors (Lipinski definition) is 5. The Morgan fingerprint density at radius 3 is 2.33 bits per heavy atom. The molecule has 3 aromatic rings. The largest absolute Gasteiger partial charge is 0.496 e. The van der Waals surface area contributed by atoms with Gasteiger partial charge in [-0.3, -0.25) is 4.79 Å². The molecule has 2 aromatic carbocycles. The fourth-order valence-corrected chi connectivity index (χ4v) is 2.88. The fraction of sp³-hybridized carbons (Fsp3) is 0.200. The van der Waals surface area contributed by atoms with Crippen LogP contribution in [0.4, 0.5) is 0 Å². The number of para-hydroxylation sites is 1. The molecule has 1 heterocycles. The summed E-state index contributed by atoms with van der Waals surface area (Å²) < 4.78 is 17.7. The molecule has 3 rings (SSSR count). The third-order valence-electron chi connectivity index (χ3n) is 4.29. The molecule has 1 aromatic heterocycles. The quantitative estimate of drug-likeness (QED) is 0.537. The number of aromatic nitrogens is 1. The summed E-state index contributed by atoms with van der Waals surface area (Å²) in [6, 6.07) is 13.1. The van der Waals surface area contributed by atoms with Crippen molar-refractivity contribution in [3.05, 3.63) is 53.7 Å². The van der Waals surface area contributed by atoms with Crippen molar-refractivity contribution in [3.63, 3.8) is 0 Å². The lowest BCUT2D eigenvalue weighted by molar-refractivity contribution is 0.0947. The van der Waals surface area contributed by atoms with Crippen molar-refractivity contribution in [3.8, 4) is 17.2 Å². The SMILES string of the molecule is COc1cc(OC)c(OC)cc1/C=N/NC(=O)c1cc2ccccc2n1C. The summed E-state index contributed by atoms with van der Waals surface area (Å²) in [5, 5.41) is 5.05. The van der Waals surface area contributed by atoms with Crippen molar-refractivity contribution >= 4 is 23.0 Å². The first-order chi connectivity index (χ1) is 13.1. The second-order valence-electron chi connectivity index (χ2n) is 5.80. The highest BCUT2D eigenvalue weighted by Gasteiger charge is 2.13. The second kappa shape index (κ2) is 7.82. The number of hydrazone groups is 1. The minimum Gasteiger partial charge on any atom is -0.496 e. The van der Waals surface area contributed by atoms with Gasteiger partial charge in [-0.1, -0.05) is 18.2 Å². The van der Waals surface area contributed by atoms with Crippen molar-refractivity contribution in [1.29, 1.82) is 0 Å². The van der Waals surface area contributed by atoms with Gasteiger partial charge in [-0.25, -0.2) is 5.43 Å². The standard InChI is InChI=1S/C20H21N3O4/c1-23-15-8-6-5-7-13(15)9-16(23)20(24)22-21-12-14-10-18(26-3)19(27-4)11-17(14)25-2/h5-12H,1-4H3,(H,22,24)/b21-12+. The Morgan fingerprint density at radius 1 is 1.00 bits per heavy atom. The number of nitrogens with zero attached hydrogens (tertiary/aromatic N) is 2. The normalized spacial score (nSPS) is 11.0. The van der Waals surface area contributed by atoms with E-state index in [0.29, 0.717) is 28.5 Å². The second-order valence-corrected chi connectivity index (χ2v) is 5.80. The van der Waals surface area contributed by atoms with Gasteiger partial charge in [-0.2, -0.15) is 5.10 Å². The van der Waals surface area contributed by atoms with Crippen LogP contribution in [0.25, 0.3) is 10.9 Å². The summed E-state index contributed by atoms with van der Waals surface area (Å²) in [6.07, 6.45) is 1.50. The molecule has 7 heteroatoms. The van der Waals surface area contributed by atoms with Gasteiger partial charge in [0.2, 0.25) is 0 Å². The van der Waals surface area contributed by atoms with Crippen molar-refractivity contribution in [1.82, 2.24) is 9.99 Å². The Labute approximate surface area is 157 Å². The number of fused-ring (bicyclic) bond motifs is 1. The Kier molecular flexibility index (Phi) is 5.30. The molecule has 140 valence electrons. The summed E-state index contributed by atoms with van der Waals surface area (Å²) in [7, 11) is 6.49. The predicted octanol–water partition coefficient (Wildman–Crippen LogP) is 2.97. The molecule has 0 bridgehead atoms. The lowest BCUT2D eigenvalue weighted by Crippen LogP contribution is -2.20. The van der Waals surface area contributed by atoms with Gasteiger partial charge in [0.1, 0.15) is 11.4 Å². The fourth-order valence-electron chi connectivity index (χ4n) is 2.88. The van der Waals surface area contributed by atoms with Gasteiger partial charge in [-0.15, -0.1) is 0 Å². The van der Waals surface area contributed by atoms with Gasteiger partial charge >= 0.3 is 0 Å². The first-order valence-corrected chi connectivity index (χ1v) is 8.27. The third-order valence-corrected chi connectivity index (χ3v) is 4.29. The van der Waals surface area contributed by atoms with Gasteiger partial charge in [0, 0.05) is 29.6 Å². The van der Waals surface area contributed by atoms with E-state index in [1.165, 1.54) is 6.21 Å². The lowest BCUT2D eigenvalue weighted by Gasteiger charge is -2.11. The van der Waals surface area contributed by atoms with Gasteiger partial charge in [0.15, 0.2) is 11.5 Å². The van der Waals surface area contributed by atoms with E-state index in [9.17, 15) is 4.79 Å². The van der Waals surface area contributed by atoms with Gasteiger partial charge in [-0.05, 0) is 18.2 Å². The average molecular weight is 367 g/mol. The number of methoxy groups -OCH3 is 3. The monoisotopic (exact) mass is 367 g/mol. The van der Waals surface area contributed by atoms with E-state index in [1.54, 1.807) is 33.5 Å². The number of aryl methyl sites for hydroxylation is 1. The maximum Gasteiger partial charge on any atom is 0.287 e. The smallest absolute Gasteiger partial charge is 0.287 e. The van der Waals surface area contributed by atoms with E-state index >= 15 is 0 Å². The molecule has 7 nitrogen and oxygen atoms in total. The van der Waals surface area contributed by atoms with Gasteiger partial charge < -0.3 is 18.8 Å². The number of benzene rings is 2. The minimum absolute atomic E-state index is 0.301. The zero-order valence-electron chi connectivity index (χ0n) is 15.6. The van der Waals surface area contributed by atoms with Gasteiger partial charge in [0.05, 0.1) is 27.5 Å². The molecule has 0 aliphatic carbocycles. The highest BCUT2D eigenvalue weighted by molar-refractivity contribution is 5.99. The van der Waals surface area contributed by atoms with E-state index in [4.69, 9.17) is 14.2 Å². The molecule has 0 saturated carbocycles. The maximum atomic E-state index is 12.5. The van der Waals surface area contributed by atoms with Crippen molar-refractivity contribution in [2.45, 2.75) is 0 Å². The highest BCUT2D eigenvalue weighted by Crippen LogP contribution is 2.33. The van der Waals surface area contributed by atoms with E-state index in [-0.39, 0.29) is 5.91 Å². The zero-order valence-corrected chi connectivity index (χ0v) is 15.6. The Balaban J connectivity index is 1.82. The number of amides is 1. The highest BCUT2D eigenvalue weighted by atomic mass is 16.5. The molecule has 0 spiro atoms. The molecule has 1 amide bonds. The van der Waals surface area contributed by atoms with Crippen LogP contribution in [0.1, 0.15) is 16.1 Å².